The van der Waals surface area contributed by atoms with E-state index in [1.807, 2.05) is 11.8 Å². The number of rotatable bonds is 8. The number of carbonyl (C=O) groups is 1. The smallest absolute Gasteiger partial charge is 0.393 e. The number of aromatic nitrogens is 2. The number of fused-ring (bicyclic) bond motifs is 2. The predicted molar refractivity (Wildman–Crippen MR) is 160 cm³/mol. The molecular formula is C31H42F3N7O2. The SMILES string of the molecule is CCc1nc(C(N)=O)c(Nc2ccc(N3CCN(C4CC5CCC4C5)CC3)c(C(F)(F)F)c2)nc1NC1CCC(O)CC1. The van der Waals surface area contributed by atoms with Crippen LogP contribution in [0.15, 0.2) is 18.2 Å². The molecule has 12 heteroatoms. The molecule has 2 aromatic rings. The van der Waals surface area contributed by atoms with Crippen LogP contribution in [0.2, 0.25) is 0 Å². The fourth-order valence-corrected chi connectivity index (χ4v) is 7.71. The summed E-state index contributed by atoms with van der Waals surface area (Å²) in [6.07, 6.45) is 3.57. The van der Waals surface area contributed by atoms with Crippen molar-refractivity contribution >= 4 is 28.9 Å². The number of piperazine rings is 1. The van der Waals surface area contributed by atoms with Crippen LogP contribution in [-0.4, -0.2) is 70.2 Å². The van der Waals surface area contributed by atoms with E-state index in [0.717, 1.165) is 43.8 Å². The average molecular weight is 602 g/mol. The minimum atomic E-state index is -4.57. The molecule has 2 bridgehead atoms. The van der Waals surface area contributed by atoms with Crippen molar-refractivity contribution in [3.63, 3.8) is 0 Å². The lowest BCUT2D eigenvalue weighted by Gasteiger charge is -2.42. The Bertz CT molecular complexity index is 1320. The van der Waals surface area contributed by atoms with Gasteiger partial charge in [-0.05, 0) is 81.4 Å². The van der Waals surface area contributed by atoms with Crippen LogP contribution in [0.25, 0.3) is 0 Å². The lowest BCUT2D eigenvalue weighted by Crippen LogP contribution is -2.52. The zero-order valence-corrected chi connectivity index (χ0v) is 24.7. The monoisotopic (exact) mass is 601 g/mol. The second-order valence-corrected chi connectivity index (χ2v) is 12.7. The van der Waals surface area contributed by atoms with Crippen LogP contribution in [0, 0.1) is 11.8 Å². The second-order valence-electron chi connectivity index (χ2n) is 12.7. The Hall–Kier alpha value is -3.12. The van der Waals surface area contributed by atoms with Gasteiger partial charge >= 0.3 is 6.18 Å². The Morgan fingerprint density at radius 1 is 1.02 bits per heavy atom. The maximum atomic E-state index is 14.4. The standard InChI is InChI=1S/C31H42F3N7O2/c1-2-24-29(36-20-5-8-22(42)9-6-20)39-30(27(38-24)28(35)43)37-21-7-10-25(23(17-21)31(32,33)34)40-11-13-41(14-12-40)26-16-18-3-4-19(26)15-18/h7,10,17-20,22,26,42H,2-6,8-9,11-16H2,1H3,(H2,35,43)(H2,36,37,39). The molecule has 1 aromatic heterocycles. The van der Waals surface area contributed by atoms with E-state index >= 15 is 0 Å². The van der Waals surface area contributed by atoms with Crippen molar-refractivity contribution in [3.05, 3.63) is 35.2 Å². The maximum Gasteiger partial charge on any atom is 0.418 e. The van der Waals surface area contributed by atoms with Crippen LogP contribution in [0.1, 0.15) is 80.0 Å². The van der Waals surface area contributed by atoms with E-state index in [-0.39, 0.29) is 35.0 Å². The number of aryl methyl sites for hydroxylation is 1. The van der Waals surface area contributed by atoms with Gasteiger partial charge in [-0.15, -0.1) is 0 Å². The van der Waals surface area contributed by atoms with Gasteiger partial charge < -0.3 is 26.4 Å². The summed E-state index contributed by atoms with van der Waals surface area (Å²) in [4.78, 5) is 25.7. The largest absolute Gasteiger partial charge is 0.418 e. The number of amides is 1. The highest BCUT2D eigenvalue weighted by atomic mass is 19.4. The van der Waals surface area contributed by atoms with Crippen LogP contribution >= 0.6 is 0 Å². The normalized spacial score (nSPS) is 27.8. The van der Waals surface area contributed by atoms with Crippen LogP contribution < -0.4 is 21.3 Å². The van der Waals surface area contributed by atoms with Crippen molar-refractivity contribution in [1.82, 2.24) is 14.9 Å². The van der Waals surface area contributed by atoms with E-state index in [1.54, 1.807) is 6.07 Å². The molecule has 234 valence electrons. The van der Waals surface area contributed by atoms with E-state index in [2.05, 4.69) is 25.5 Å². The van der Waals surface area contributed by atoms with Gasteiger partial charge in [-0.2, -0.15) is 13.2 Å². The van der Waals surface area contributed by atoms with E-state index in [4.69, 9.17) is 5.73 Å². The molecule has 3 unspecified atom stereocenters. The van der Waals surface area contributed by atoms with Gasteiger partial charge in [0.05, 0.1) is 17.4 Å². The van der Waals surface area contributed by atoms with E-state index in [1.165, 1.54) is 31.7 Å². The predicted octanol–water partition coefficient (Wildman–Crippen LogP) is 4.93. The van der Waals surface area contributed by atoms with Crippen LogP contribution in [0.3, 0.4) is 0 Å². The number of carbonyl (C=O) groups excluding carboxylic acids is 1. The Labute approximate surface area is 250 Å². The number of anilines is 4. The Kier molecular flexibility index (Phi) is 8.43. The van der Waals surface area contributed by atoms with Gasteiger partial charge in [0.25, 0.3) is 5.91 Å². The molecule has 43 heavy (non-hydrogen) atoms. The molecule has 4 fully saturated rings. The third kappa shape index (κ3) is 6.40. The first kappa shape index (κ1) is 29.9. The van der Waals surface area contributed by atoms with Gasteiger partial charge in [0.1, 0.15) is 5.82 Å². The van der Waals surface area contributed by atoms with E-state index < -0.39 is 17.6 Å². The third-order valence-electron chi connectivity index (χ3n) is 9.96. The zero-order chi connectivity index (χ0) is 30.3. The topological polar surface area (TPSA) is 120 Å². The van der Waals surface area contributed by atoms with Crippen LogP contribution in [-0.2, 0) is 12.6 Å². The van der Waals surface area contributed by atoms with Crippen molar-refractivity contribution in [2.24, 2.45) is 17.6 Å². The number of nitrogens with two attached hydrogens (primary N) is 1. The van der Waals surface area contributed by atoms with Crippen molar-refractivity contribution in [2.45, 2.75) is 89.1 Å². The van der Waals surface area contributed by atoms with Crippen molar-refractivity contribution < 1.29 is 23.1 Å². The molecule has 4 aliphatic rings. The number of hydrogen-bond donors (Lipinski definition) is 4. The summed E-state index contributed by atoms with van der Waals surface area (Å²) in [7, 11) is 0. The summed E-state index contributed by atoms with van der Waals surface area (Å²) in [6.45, 7) is 4.51. The summed E-state index contributed by atoms with van der Waals surface area (Å²) < 4.78 is 43.2. The van der Waals surface area contributed by atoms with Gasteiger partial charge in [0.2, 0.25) is 0 Å². The van der Waals surface area contributed by atoms with Crippen LogP contribution in [0.4, 0.5) is 36.2 Å². The fourth-order valence-electron chi connectivity index (χ4n) is 7.71. The lowest BCUT2D eigenvalue weighted by molar-refractivity contribution is -0.137. The molecule has 3 aliphatic carbocycles. The first-order valence-corrected chi connectivity index (χ1v) is 15.7. The first-order chi connectivity index (χ1) is 20.6. The molecule has 1 amide bonds. The van der Waals surface area contributed by atoms with Gasteiger partial charge in [0, 0.05) is 49.6 Å². The van der Waals surface area contributed by atoms with Gasteiger partial charge in [-0.3, -0.25) is 9.69 Å². The van der Waals surface area contributed by atoms with Crippen molar-refractivity contribution in [3.8, 4) is 0 Å². The van der Waals surface area contributed by atoms with Crippen molar-refractivity contribution in [2.75, 3.05) is 41.7 Å². The molecule has 1 saturated heterocycles. The molecule has 1 aliphatic heterocycles. The molecule has 0 spiro atoms. The molecular weight excluding hydrogens is 559 g/mol. The number of hydrogen-bond acceptors (Lipinski definition) is 8. The Balaban J connectivity index is 1.22. The highest BCUT2D eigenvalue weighted by Gasteiger charge is 2.43. The number of primary amides is 1. The summed E-state index contributed by atoms with van der Waals surface area (Å²) in [6, 6.07) is 4.81. The zero-order valence-electron chi connectivity index (χ0n) is 24.7. The number of halogens is 3. The highest BCUT2D eigenvalue weighted by molar-refractivity contribution is 5.96. The molecule has 3 saturated carbocycles. The number of nitrogens with zero attached hydrogens (tertiary/aromatic N) is 4. The number of aliphatic hydroxyl groups excluding tert-OH is 1. The van der Waals surface area contributed by atoms with Crippen molar-refractivity contribution in [1.29, 1.82) is 0 Å². The molecule has 9 nitrogen and oxygen atoms in total. The Morgan fingerprint density at radius 2 is 1.77 bits per heavy atom. The van der Waals surface area contributed by atoms with E-state index in [0.29, 0.717) is 49.9 Å². The van der Waals surface area contributed by atoms with Gasteiger partial charge in [-0.1, -0.05) is 13.3 Å². The lowest BCUT2D eigenvalue weighted by atomic mass is 9.93. The Morgan fingerprint density at radius 3 is 2.37 bits per heavy atom. The first-order valence-electron chi connectivity index (χ1n) is 15.7. The molecule has 2 heterocycles. The summed E-state index contributed by atoms with van der Waals surface area (Å²) in [5.74, 6) is 1.22. The second kappa shape index (κ2) is 12.1. The number of nitrogens with one attached hydrogen (secondary N) is 2. The van der Waals surface area contributed by atoms with Gasteiger partial charge in [-0.25, -0.2) is 9.97 Å². The molecule has 5 N–H and O–H groups in total. The third-order valence-corrected chi connectivity index (χ3v) is 9.96. The average Bonchev–Trinajstić information content (AvgIpc) is 3.62. The molecule has 1 aromatic carbocycles. The van der Waals surface area contributed by atoms with E-state index in [9.17, 15) is 23.1 Å². The summed E-state index contributed by atoms with van der Waals surface area (Å²) in [5.41, 5.74) is 5.60. The number of benzene rings is 1. The minimum absolute atomic E-state index is 0.00314. The minimum Gasteiger partial charge on any atom is -0.393 e. The quantitative estimate of drug-likeness (QED) is 0.337. The molecule has 6 rings (SSSR count). The maximum absolute atomic E-state index is 14.4. The fraction of sp³-hybridized carbons (Fsp3) is 0.645. The molecule has 0 radical (unpaired) electrons. The number of alkyl halides is 3. The highest BCUT2D eigenvalue weighted by Crippen LogP contribution is 2.47. The summed E-state index contributed by atoms with van der Waals surface area (Å²) >= 11 is 0. The molecule has 3 atom stereocenters. The summed E-state index contributed by atoms with van der Waals surface area (Å²) in [5, 5.41) is 16.1. The van der Waals surface area contributed by atoms with Crippen LogP contribution in [0.5, 0.6) is 0 Å². The number of aliphatic hydroxyl groups is 1. The van der Waals surface area contributed by atoms with Gasteiger partial charge in [0.15, 0.2) is 11.5 Å².